The number of ether oxygens (including phenoxy) is 2. The molecule has 6 heteroatoms. The van der Waals surface area contributed by atoms with E-state index in [0.717, 1.165) is 18.4 Å². The smallest absolute Gasteiger partial charge is 0.286 e. The van der Waals surface area contributed by atoms with Gasteiger partial charge in [0.05, 0.1) is 0 Å². The molecule has 3 atom stereocenters. The van der Waals surface area contributed by atoms with Gasteiger partial charge in [-0.05, 0) is 56.4 Å². The predicted octanol–water partition coefficient (Wildman–Crippen LogP) is 2.85. The molecule has 1 aromatic rings. The minimum absolute atomic E-state index is 0.0648. The van der Waals surface area contributed by atoms with Gasteiger partial charge in [-0.25, -0.2) is 4.39 Å². The summed E-state index contributed by atoms with van der Waals surface area (Å²) >= 11 is 0. The second kappa shape index (κ2) is 8.64. The van der Waals surface area contributed by atoms with E-state index in [4.69, 9.17) is 9.47 Å². The molecule has 2 N–H and O–H groups in total. The average molecular weight is 363 g/mol. The van der Waals surface area contributed by atoms with Crippen LogP contribution in [0, 0.1) is 11.7 Å². The zero-order valence-electron chi connectivity index (χ0n) is 15.0. The highest BCUT2D eigenvalue weighted by atomic mass is 19.1. The van der Waals surface area contributed by atoms with Crippen LogP contribution in [0.5, 0.6) is 0 Å². The lowest BCUT2D eigenvalue weighted by Gasteiger charge is -2.37. The first-order chi connectivity index (χ1) is 12.6. The molecule has 0 unspecified atom stereocenters. The second-order valence-corrected chi connectivity index (χ2v) is 6.83. The maximum absolute atomic E-state index is 13.3. The number of rotatable bonds is 8. The Morgan fingerprint density at radius 2 is 2.08 bits per heavy atom. The fraction of sp³-hybridized carbons (Fsp3) is 0.550. The van der Waals surface area contributed by atoms with E-state index in [9.17, 15) is 14.3 Å². The van der Waals surface area contributed by atoms with Crippen LogP contribution in [0.15, 0.2) is 36.1 Å². The molecule has 1 amide bonds. The van der Waals surface area contributed by atoms with E-state index < -0.39 is 6.29 Å². The van der Waals surface area contributed by atoms with Gasteiger partial charge in [0.1, 0.15) is 5.82 Å². The second-order valence-electron chi connectivity index (χ2n) is 6.83. The van der Waals surface area contributed by atoms with Crippen molar-refractivity contribution >= 4 is 5.91 Å². The zero-order valence-corrected chi connectivity index (χ0v) is 15.0. The fourth-order valence-electron chi connectivity index (χ4n) is 3.31. The van der Waals surface area contributed by atoms with Crippen molar-refractivity contribution in [2.45, 2.75) is 50.9 Å². The lowest BCUT2D eigenvalue weighted by atomic mass is 9.80. The van der Waals surface area contributed by atoms with Crippen LogP contribution in [-0.4, -0.2) is 36.6 Å². The SMILES string of the molecule is CCO[C@H]1OC(C(=O)NC2CC2)=C[C@@H](c2ccc(F)cc2)[C@H]1CCCO. The molecule has 3 rings (SSSR count). The molecule has 1 fully saturated rings. The molecule has 1 heterocycles. The molecule has 1 aromatic carbocycles. The number of aliphatic hydroxyl groups excluding tert-OH is 1. The molecule has 1 aliphatic carbocycles. The van der Waals surface area contributed by atoms with Crippen LogP contribution in [0.3, 0.4) is 0 Å². The Morgan fingerprint density at radius 1 is 1.35 bits per heavy atom. The Balaban J connectivity index is 1.90. The van der Waals surface area contributed by atoms with Crippen LogP contribution in [0.25, 0.3) is 0 Å². The maximum atomic E-state index is 13.3. The summed E-state index contributed by atoms with van der Waals surface area (Å²) in [6.45, 7) is 2.40. The first-order valence-electron chi connectivity index (χ1n) is 9.29. The third-order valence-electron chi connectivity index (χ3n) is 4.80. The first-order valence-corrected chi connectivity index (χ1v) is 9.29. The fourth-order valence-corrected chi connectivity index (χ4v) is 3.31. The van der Waals surface area contributed by atoms with E-state index >= 15 is 0 Å². The van der Waals surface area contributed by atoms with Gasteiger partial charge < -0.3 is 19.9 Å². The van der Waals surface area contributed by atoms with Gasteiger partial charge >= 0.3 is 0 Å². The van der Waals surface area contributed by atoms with Gasteiger partial charge in [-0.15, -0.1) is 0 Å². The Hall–Kier alpha value is -1.92. The number of benzene rings is 1. The van der Waals surface area contributed by atoms with Crippen molar-refractivity contribution in [3.8, 4) is 0 Å². The van der Waals surface area contributed by atoms with Crippen LogP contribution < -0.4 is 5.32 Å². The number of allylic oxidation sites excluding steroid dienone is 1. The Labute approximate surface area is 153 Å². The predicted molar refractivity (Wildman–Crippen MR) is 94.7 cm³/mol. The first kappa shape index (κ1) is 18.9. The van der Waals surface area contributed by atoms with Gasteiger partial charge in [-0.3, -0.25) is 4.79 Å². The summed E-state index contributed by atoms with van der Waals surface area (Å²) in [6, 6.07) is 6.53. The monoisotopic (exact) mass is 363 g/mol. The number of hydrogen-bond acceptors (Lipinski definition) is 4. The van der Waals surface area contributed by atoms with E-state index in [-0.39, 0.29) is 42.0 Å². The molecule has 142 valence electrons. The Bertz CT molecular complexity index is 642. The highest BCUT2D eigenvalue weighted by molar-refractivity contribution is 5.92. The van der Waals surface area contributed by atoms with Gasteiger partial charge in [0.15, 0.2) is 5.76 Å². The van der Waals surface area contributed by atoms with E-state index in [2.05, 4.69) is 5.32 Å². The molecule has 2 aliphatic rings. The van der Waals surface area contributed by atoms with E-state index in [1.54, 1.807) is 12.1 Å². The van der Waals surface area contributed by atoms with E-state index in [0.29, 0.717) is 19.4 Å². The molecular formula is C20H26FNO4. The number of nitrogens with one attached hydrogen (secondary N) is 1. The van der Waals surface area contributed by atoms with Gasteiger partial charge in [0, 0.05) is 31.1 Å². The summed E-state index contributed by atoms with van der Waals surface area (Å²) in [6.07, 6.45) is 4.50. The zero-order chi connectivity index (χ0) is 18.5. The summed E-state index contributed by atoms with van der Waals surface area (Å²) in [5, 5.41) is 12.2. The van der Waals surface area contributed by atoms with Crippen LogP contribution in [0.1, 0.15) is 44.1 Å². The highest BCUT2D eigenvalue weighted by Crippen LogP contribution is 2.39. The van der Waals surface area contributed by atoms with E-state index in [1.165, 1.54) is 12.1 Å². The molecular weight excluding hydrogens is 337 g/mol. The minimum Gasteiger partial charge on any atom is -0.459 e. The molecule has 0 saturated heterocycles. The van der Waals surface area contributed by atoms with Crippen molar-refractivity contribution in [2.24, 2.45) is 5.92 Å². The Morgan fingerprint density at radius 3 is 2.69 bits per heavy atom. The molecule has 0 aromatic heterocycles. The maximum Gasteiger partial charge on any atom is 0.286 e. The molecule has 0 radical (unpaired) electrons. The van der Waals surface area contributed by atoms with Crippen LogP contribution in [0.4, 0.5) is 4.39 Å². The number of carbonyl (C=O) groups is 1. The van der Waals surface area contributed by atoms with Crippen LogP contribution in [0.2, 0.25) is 0 Å². The molecule has 1 aliphatic heterocycles. The summed E-state index contributed by atoms with van der Waals surface area (Å²) < 4.78 is 25.0. The van der Waals surface area contributed by atoms with Crippen molar-refractivity contribution in [2.75, 3.05) is 13.2 Å². The van der Waals surface area contributed by atoms with Crippen molar-refractivity contribution in [3.05, 3.63) is 47.5 Å². The normalized spacial score (nSPS) is 25.3. The van der Waals surface area contributed by atoms with Crippen molar-refractivity contribution in [1.82, 2.24) is 5.32 Å². The third kappa shape index (κ3) is 4.62. The molecule has 0 bridgehead atoms. The third-order valence-corrected chi connectivity index (χ3v) is 4.80. The number of halogens is 1. The van der Waals surface area contributed by atoms with Crippen LogP contribution >= 0.6 is 0 Å². The van der Waals surface area contributed by atoms with Crippen molar-refractivity contribution in [1.29, 1.82) is 0 Å². The van der Waals surface area contributed by atoms with Gasteiger partial charge in [0.25, 0.3) is 5.91 Å². The standard InChI is InChI=1S/C20H26FNO4/c1-2-25-20-16(4-3-11-23)17(13-5-7-14(21)8-6-13)12-18(26-20)19(24)22-15-9-10-15/h5-8,12,15-17,20,23H,2-4,9-11H2,1H3,(H,22,24)/t16-,17+,20+/m1/s1. The average Bonchev–Trinajstić information content (AvgIpc) is 3.45. The van der Waals surface area contributed by atoms with Crippen molar-refractivity contribution in [3.63, 3.8) is 0 Å². The van der Waals surface area contributed by atoms with Gasteiger partial charge in [0.2, 0.25) is 6.29 Å². The summed E-state index contributed by atoms with van der Waals surface area (Å²) in [4.78, 5) is 12.5. The van der Waals surface area contributed by atoms with E-state index in [1.807, 2.05) is 13.0 Å². The number of carbonyl (C=O) groups excluding carboxylic acids is 1. The molecule has 26 heavy (non-hydrogen) atoms. The Kier molecular flexibility index (Phi) is 6.27. The molecule has 5 nitrogen and oxygen atoms in total. The van der Waals surface area contributed by atoms with Gasteiger partial charge in [-0.2, -0.15) is 0 Å². The number of hydrogen-bond donors (Lipinski definition) is 2. The molecule has 0 spiro atoms. The topological polar surface area (TPSA) is 67.8 Å². The lowest BCUT2D eigenvalue weighted by Crippen LogP contribution is -2.39. The summed E-state index contributed by atoms with van der Waals surface area (Å²) in [5.41, 5.74) is 0.902. The van der Waals surface area contributed by atoms with Crippen molar-refractivity contribution < 1.29 is 23.8 Å². The summed E-state index contributed by atoms with van der Waals surface area (Å²) in [5.74, 6) is -0.489. The largest absolute Gasteiger partial charge is 0.459 e. The number of aliphatic hydroxyl groups is 1. The number of amides is 1. The molecule has 1 saturated carbocycles. The van der Waals surface area contributed by atoms with Crippen LogP contribution in [-0.2, 0) is 14.3 Å². The van der Waals surface area contributed by atoms with Gasteiger partial charge in [-0.1, -0.05) is 12.1 Å². The lowest BCUT2D eigenvalue weighted by molar-refractivity contribution is -0.166. The highest BCUT2D eigenvalue weighted by Gasteiger charge is 2.38. The quantitative estimate of drug-likeness (QED) is 0.745. The summed E-state index contributed by atoms with van der Waals surface area (Å²) in [7, 11) is 0. The minimum atomic E-state index is -0.577.